The Morgan fingerprint density at radius 3 is 2.77 bits per heavy atom. The van der Waals surface area contributed by atoms with Gasteiger partial charge in [0.1, 0.15) is 5.82 Å². The average Bonchev–Trinajstić information content (AvgIpc) is 3.24. The third-order valence-electron chi connectivity index (χ3n) is 4.09. The number of nitrogens with one attached hydrogen (secondary N) is 1. The zero-order valence-electron chi connectivity index (χ0n) is 16.2. The number of hydrogen-bond acceptors (Lipinski definition) is 7. The van der Waals surface area contributed by atoms with E-state index in [0.29, 0.717) is 17.7 Å². The average molecular weight is 466 g/mol. The number of amides is 3. The standard InChI is InChI=1S/C20H20FN3O3S3/c1-13-23-16(12-29-13)11-28-9-6-18(25)22-7-8-24-19(26)17(30-20(24)27)10-14-2-4-15(21)5-3-14/h2-5,10,12H,6-9,11H2,1H3,(H,22,25)/b17-10+. The van der Waals surface area contributed by atoms with Gasteiger partial charge in [0.25, 0.3) is 11.1 Å². The molecule has 0 atom stereocenters. The number of nitrogens with zero attached hydrogens (tertiary/aromatic N) is 2. The number of thioether (sulfide) groups is 2. The Labute approximate surface area is 186 Å². The van der Waals surface area contributed by atoms with Gasteiger partial charge in [-0.1, -0.05) is 12.1 Å². The molecule has 0 bridgehead atoms. The van der Waals surface area contributed by atoms with E-state index in [9.17, 15) is 18.8 Å². The highest BCUT2D eigenvalue weighted by Gasteiger charge is 2.34. The van der Waals surface area contributed by atoms with Crippen LogP contribution in [0.3, 0.4) is 0 Å². The molecule has 1 N–H and O–H groups in total. The molecule has 10 heteroatoms. The van der Waals surface area contributed by atoms with E-state index in [1.54, 1.807) is 29.2 Å². The summed E-state index contributed by atoms with van der Waals surface area (Å²) in [7, 11) is 0. The van der Waals surface area contributed by atoms with Crippen LogP contribution in [0.2, 0.25) is 0 Å². The van der Waals surface area contributed by atoms with Gasteiger partial charge in [-0.3, -0.25) is 19.3 Å². The molecule has 0 spiro atoms. The fourth-order valence-corrected chi connectivity index (χ4v) is 5.03. The summed E-state index contributed by atoms with van der Waals surface area (Å²) >= 11 is 4.09. The number of carbonyl (C=O) groups is 3. The number of aromatic nitrogens is 1. The van der Waals surface area contributed by atoms with Crippen molar-refractivity contribution in [1.29, 1.82) is 0 Å². The molecule has 1 aromatic heterocycles. The van der Waals surface area contributed by atoms with Gasteiger partial charge in [-0.2, -0.15) is 11.8 Å². The fourth-order valence-electron chi connectivity index (χ4n) is 2.61. The van der Waals surface area contributed by atoms with Crippen molar-refractivity contribution in [2.24, 2.45) is 0 Å². The molecule has 1 aliphatic heterocycles. The van der Waals surface area contributed by atoms with Crippen LogP contribution < -0.4 is 5.32 Å². The number of thiazole rings is 1. The zero-order valence-corrected chi connectivity index (χ0v) is 18.7. The third kappa shape index (κ3) is 6.41. The molecular formula is C20H20FN3O3S3. The quantitative estimate of drug-likeness (QED) is 0.444. The monoisotopic (exact) mass is 465 g/mol. The van der Waals surface area contributed by atoms with Gasteiger partial charge in [0.15, 0.2) is 0 Å². The first-order valence-electron chi connectivity index (χ1n) is 9.19. The Hall–Kier alpha value is -2.17. The minimum atomic E-state index is -0.405. The van der Waals surface area contributed by atoms with Crippen molar-refractivity contribution in [1.82, 2.24) is 15.2 Å². The molecule has 1 aromatic carbocycles. The summed E-state index contributed by atoms with van der Waals surface area (Å²) in [6.07, 6.45) is 1.92. The number of rotatable bonds is 9. The largest absolute Gasteiger partial charge is 0.354 e. The lowest BCUT2D eigenvalue weighted by Crippen LogP contribution is -2.37. The Bertz CT molecular complexity index is 960. The first-order chi connectivity index (χ1) is 14.4. The van der Waals surface area contributed by atoms with Crippen molar-refractivity contribution < 1.29 is 18.8 Å². The van der Waals surface area contributed by atoms with Gasteiger partial charge in [-0.15, -0.1) is 11.3 Å². The van der Waals surface area contributed by atoms with Crippen LogP contribution >= 0.6 is 34.9 Å². The van der Waals surface area contributed by atoms with Crippen molar-refractivity contribution in [2.45, 2.75) is 19.1 Å². The first kappa shape index (κ1) is 22.5. The summed E-state index contributed by atoms with van der Waals surface area (Å²) in [5.74, 6) is 0.551. The van der Waals surface area contributed by atoms with Crippen LogP contribution in [0.15, 0.2) is 34.6 Å². The fraction of sp³-hybridized carbons (Fsp3) is 0.300. The van der Waals surface area contributed by atoms with Crippen LogP contribution in [-0.4, -0.2) is 45.8 Å². The van der Waals surface area contributed by atoms with E-state index in [-0.39, 0.29) is 35.0 Å². The molecule has 2 aromatic rings. The van der Waals surface area contributed by atoms with E-state index in [1.807, 2.05) is 12.3 Å². The Kier molecular flexibility index (Phi) is 8.06. The normalized spacial score (nSPS) is 15.3. The van der Waals surface area contributed by atoms with Gasteiger partial charge in [0.2, 0.25) is 5.91 Å². The Balaban J connectivity index is 1.38. The SMILES string of the molecule is Cc1nc(CSCCC(=O)NCCN2C(=O)S/C(=C/c3ccc(F)cc3)C2=O)cs1. The van der Waals surface area contributed by atoms with E-state index in [2.05, 4.69) is 10.3 Å². The minimum absolute atomic E-state index is 0.113. The lowest BCUT2D eigenvalue weighted by molar-refractivity contribution is -0.124. The predicted octanol–water partition coefficient (Wildman–Crippen LogP) is 4.07. The highest BCUT2D eigenvalue weighted by Crippen LogP contribution is 2.31. The summed E-state index contributed by atoms with van der Waals surface area (Å²) in [5.41, 5.74) is 1.66. The maximum Gasteiger partial charge on any atom is 0.293 e. The molecule has 6 nitrogen and oxygen atoms in total. The highest BCUT2D eigenvalue weighted by atomic mass is 32.2. The van der Waals surface area contributed by atoms with Crippen molar-refractivity contribution >= 4 is 58.0 Å². The third-order valence-corrected chi connectivity index (χ3v) is 6.81. The Morgan fingerprint density at radius 2 is 2.07 bits per heavy atom. The summed E-state index contributed by atoms with van der Waals surface area (Å²) in [6, 6.07) is 5.66. The number of carbonyl (C=O) groups excluding carboxylic acids is 3. The molecule has 0 unspecified atom stereocenters. The molecule has 1 aliphatic rings. The van der Waals surface area contributed by atoms with Gasteiger partial charge in [0.05, 0.1) is 15.6 Å². The lowest BCUT2D eigenvalue weighted by atomic mass is 10.2. The second kappa shape index (κ2) is 10.7. The van der Waals surface area contributed by atoms with E-state index in [0.717, 1.165) is 33.1 Å². The predicted molar refractivity (Wildman–Crippen MR) is 120 cm³/mol. The molecule has 3 amide bonds. The van der Waals surface area contributed by atoms with Gasteiger partial charge in [-0.25, -0.2) is 9.37 Å². The van der Waals surface area contributed by atoms with Gasteiger partial charge in [-0.05, 0) is 42.5 Å². The number of benzene rings is 1. The number of hydrogen-bond donors (Lipinski definition) is 1. The van der Waals surface area contributed by atoms with Crippen LogP contribution in [0.5, 0.6) is 0 Å². The van der Waals surface area contributed by atoms with Crippen LogP contribution in [0.1, 0.15) is 22.7 Å². The molecule has 0 radical (unpaired) electrons. The molecular weight excluding hydrogens is 445 g/mol. The Morgan fingerprint density at radius 1 is 1.30 bits per heavy atom. The maximum absolute atomic E-state index is 13.0. The second-order valence-corrected chi connectivity index (χ2v) is 9.56. The van der Waals surface area contributed by atoms with Crippen molar-refractivity contribution in [3.8, 4) is 0 Å². The molecule has 158 valence electrons. The highest BCUT2D eigenvalue weighted by molar-refractivity contribution is 8.18. The number of halogens is 1. The molecule has 3 rings (SSSR count). The van der Waals surface area contributed by atoms with Gasteiger partial charge < -0.3 is 5.32 Å². The van der Waals surface area contributed by atoms with Gasteiger partial charge >= 0.3 is 0 Å². The minimum Gasteiger partial charge on any atom is -0.354 e. The summed E-state index contributed by atoms with van der Waals surface area (Å²) in [6.45, 7) is 2.28. The van der Waals surface area contributed by atoms with E-state index in [4.69, 9.17) is 0 Å². The lowest BCUT2D eigenvalue weighted by Gasteiger charge is -2.12. The van der Waals surface area contributed by atoms with Crippen LogP contribution in [0.4, 0.5) is 9.18 Å². The summed E-state index contributed by atoms with van der Waals surface area (Å²) in [4.78, 5) is 42.3. The maximum atomic E-state index is 13.0. The number of imide groups is 1. The van der Waals surface area contributed by atoms with Gasteiger partial charge in [0, 0.05) is 36.4 Å². The molecule has 1 saturated heterocycles. The van der Waals surface area contributed by atoms with E-state index < -0.39 is 5.91 Å². The van der Waals surface area contributed by atoms with Crippen molar-refractivity contribution in [3.63, 3.8) is 0 Å². The number of aryl methyl sites for hydroxylation is 1. The van der Waals surface area contributed by atoms with Crippen LogP contribution in [0.25, 0.3) is 6.08 Å². The first-order valence-corrected chi connectivity index (χ1v) is 12.0. The molecule has 0 saturated carbocycles. The van der Waals surface area contributed by atoms with E-state index in [1.165, 1.54) is 24.3 Å². The smallest absolute Gasteiger partial charge is 0.293 e. The topological polar surface area (TPSA) is 79.4 Å². The van der Waals surface area contributed by atoms with E-state index >= 15 is 0 Å². The molecule has 30 heavy (non-hydrogen) atoms. The van der Waals surface area contributed by atoms with Crippen LogP contribution in [-0.2, 0) is 15.3 Å². The zero-order chi connectivity index (χ0) is 21.5. The molecule has 0 aliphatic carbocycles. The molecule has 2 heterocycles. The van der Waals surface area contributed by atoms with Crippen LogP contribution in [0, 0.1) is 12.7 Å². The van der Waals surface area contributed by atoms with Crippen molar-refractivity contribution in [3.05, 3.63) is 56.6 Å². The summed E-state index contributed by atoms with van der Waals surface area (Å²) < 4.78 is 13.0. The second-order valence-electron chi connectivity index (χ2n) is 6.40. The molecule has 1 fully saturated rings. The van der Waals surface area contributed by atoms with Crippen molar-refractivity contribution in [2.75, 3.05) is 18.8 Å². The summed E-state index contributed by atoms with van der Waals surface area (Å²) in [5, 5.41) is 5.41.